The summed E-state index contributed by atoms with van der Waals surface area (Å²) < 4.78 is 0. The Kier molecular flexibility index (Phi) is 5.19. The number of carbonyl (C=O) groups is 2. The average Bonchev–Trinajstić information content (AvgIpc) is 2.30. The maximum absolute atomic E-state index is 11.7. The van der Waals surface area contributed by atoms with Gasteiger partial charge in [0.25, 0.3) is 0 Å². The largest absolute Gasteiger partial charge is 0.481 e. The van der Waals surface area contributed by atoms with Crippen molar-refractivity contribution in [1.82, 2.24) is 5.32 Å². The quantitative estimate of drug-likeness (QED) is 0.738. The summed E-state index contributed by atoms with van der Waals surface area (Å²) >= 11 is 0. The second-order valence-electron chi connectivity index (χ2n) is 4.66. The van der Waals surface area contributed by atoms with E-state index in [4.69, 9.17) is 5.11 Å². The van der Waals surface area contributed by atoms with E-state index < -0.39 is 5.97 Å². The third-order valence-corrected chi connectivity index (χ3v) is 3.28. The van der Waals surface area contributed by atoms with Gasteiger partial charge < -0.3 is 10.4 Å². The van der Waals surface area contributed by atoms with Gasteiger partial charge in [0, 0.05) is 11.6 Å². The molecule has 0 unspecified atom stereocenters. The number of allylic oxidation sites excluding steroid dienone is 1. The first kappa shape index (κ1) is 13.7. The average molecular weight is 239 g/mol. The molecular formula is C13H21NO3. The second kappa shape index (κ2) is 6.42. The fourth-order valence-electron chi connectivity index (χ4n) is 2.18. The lowest BCUT2D eigenvalue weighted by Gasteiger charge is -2.26. The normalized spacial score (nSPS) is 25.4. The molecule has 96 valence electrons. The smallest absolute Gasteiger partial charge is 0.306 e. The molecule has 4 nitrogen and oxygen atoms in total. The van der Waals surface area contributed by atoms with Gasteiger partial charge in [0.2, 0.25) is 5.91 Å². The van der Waals surface area contributed by atoms with E-state index >= 15 is 0 Å². The lowest BCUT2D eigenvalue weighted by Crippen LogP contribution is -2.39. The highest BCUT2D eigenvalue weighted by Gasteiger charge is 2.26. The maximum Gasteiger partial charge on any atom is 0.306 e. The van der Waals surface area contributed by atoms with Gasteiger partial charge in [-0.15, -0.1) is 0 Å². The van der Waals surface area contributed by atoms with Crippen LogP contribution < -0.4 is 5.32 Å². The van der Waals surface area contributed by atoms with Crippen molar-refractivity contribution in [3.8, 4) is 0 Å². The van der Waals surface area contributed by atoms with Crippen molar-refractivity contribution >= 4 is 11.9 Å². The predicted molar refractivity (Wildman–Crippen MR) is 65.6 cm³/mol. The summed E-state index contributed by atoms with van der Waals surface area (Å²) in [7, 11) is 0. The Balaban J connectivity index is 2.38. The van der Waals surface area contributed by atoms with Crippen LogP contribution in [0.1, 0.15) is 46.0 Å². The number of amides is 1. The van der Waals surface area contributed by atoms with Crippen LogP contribution in [0.5, 0.6) is 0 Å². The van der Waals surface area contributed by atoms with Crippen LogP contribution in [0.4, 0.5) is 0 Å². The minimum absolute atomic E-state index is 0.0226. The van der Waals surface area contributed by atoms with E-state index in [9.17, 15) is 9.59 Å². The summed E-state index contributed by atoms with van der Waals surface area (Å²) in [5.41, 5.74) is 0.743. The first-order chi connectivity index (χ1) is 8.04. The number of hydrogen-bond donors (Lipinski definition) is 2. The molecule has 1 fully saturated rings. The summed E-state index contributed by atoms with van der Waals surface area (Å²) in [6.45, 7) is 3.80. The van der Waals surface area contributed by atoms with Crippen molar-refractivity contribution in [1.29, 1.82) is 0 Å². The molecule has 1 saturated carbocycles. The number of rotatable bonds is 4. The van der Waals surface area contributed by atoms with Gasteiger partial charge in [-0.3, -0.25) is 9.59 Å². The van der Waals surface area contributed by atoms with E-state index in [0.717, 1.165) is 24.8 Å². The standard InChI is InChI=1S/C13H21NO3/c1-3-4-9(2)12(15)14-11-7-5-10(6-8-11)13(16)17/h4,10-11H,3,5-8H2,1-2H3,(H,14,15)(H,16,17)/b9-4+. The molecule has 17 heavy (non-hydrogen) atoms. The molecule has 1 aliphatic carbocycles. The van der Waals surface area contributed by atoms with Crippen LogP contribution in [0.15, 0.2) is 11.6 Å². The predicted octanol–water partition coefficient (Wildman–Crippen LogP) is 2.10. The molecule has 4 heteroatoms. The highest BCUT2D eigenvalue weighted by molar-refractivity contribution is 5.92. The number of carboxylic acids is 1. The van der Waals surface area contributed by atoms with E-state index in [1.165, 1.54) is 0 Å². The number of aliphatic carboxylic acids is 1. The Morgan fingerprint density at radius 1 is 1.29 bits per heavy atom. The van der Waals surface area contributed by atoms with E-state index in [2.05, 4.69) is 5.32 Å². The van der Waals surface area contributed by atoms with Crippen LogP contribution in [-0.2, 0) is 9.59 Å². The van der Waals surface area contributed by atoms with Crippen molar-refractivity contribution in [2.75, 3.05) is 0 Å². The third kappa shape index (κ3) is 4.21. The summed E-state index contributed by atoms with van der Waals surface area (Å²) in [5.74, 6) is -0.960. The van der Waals surface area contributed by atoms with Gasteiger partial charge in [0.05, 0.1) is 5.92 Å². The molecule has 0 heterocycles. The zero-order valence-electron chi connectivity index (χ0n) is 10.5. The molecule has 0 radical (unpaired) electrons. The van der Waals surface area contributed by atoms with Crippen LogP contribution in [0, 0.1) is 5.92 Å². The molecule has 1 rings (SSSR count). The highest BCUT2D eigenvalue weighted by Crippen LogP contribution is 2.24. The molecule has 0 bridgehead atoms. The molecule has 0 aromatic heterocycles. The molecule has 0 aliphatic heterocycles. The maximum atomic E-state index is 11.7. The lowest BCUT2D eigenvalue weighted by molar-refractivity contribution is -0.142. The number of nitrogens with one attached hydrogen (secondary N) is 1. The molecule has 2 N–H and O–H groups in total. The number of hydrogen-bond acceptors (Lipinski definition) is 2. The van der Waals surface area contributed by atoms with Gasteiger partial charge in [-0.25, -0.2) is 0 Å². The van der Waals surface area contributed by atoms with Crippen molar-refractivity contribution in [3.05, 3.63) is 11.6 Å². The molecule has 0 aromatic carbocycles. The van der Waals surface area contributed by atoms with Crippen LogP contribution in [0.25, 0.3) is 0 Å². The Bertz CT molecular complexity index is 315. The fraction of sp³-hybridized carbons (Fsp3) is 0.692. The first-order valence-electron chi connectivity index (χ1n) is 6.25. The van der Waals surface area contributed by atoms with Gasteiger partial charge in [-0.1, -0.05) is 13.0 Å². The molecule has 1 amide bonds. The minimum atomic E-state index is -0.711. The molecule has 0 spiro atoms. The van der Waals surface area contributed by atoms with E-state index in [1.807, 2.05) is 19.9 Å². The Hall–Kier alpha value is -1.32. The van der Waals surface area contributed by atoms with Gasteiger partial charge in [0.1, 0.15) is 0 Å². The zero-order valence-corrected chi connectivity index (χ0v) is 10.5. The van der Waals surface area contributed by atoms with Crippen LogP contribution in [-0.4, -0.2) is 23.0 Å². The summed E-state index contributed by atoms with van der Waals surface area (Å²) in [4.78, 5) is 22.5. The SMILES string of the molecule is CC/C=C(\C)C(=O)NC1CCC(C(=O)O)CC1. The second-order valence-corrected chi connectivity index (χ2v) is 4.66. The van der Waals surface area contributed by atoms with E-state index in [-0.39, 0.29) is 17.9 Å². The van der Waals surface area contributed by atoms with Crippen LogP contribution in [0.3, 0.4) is 0 Å². The molecule has 0 saturated heterocycles. The van der Waals surface area contributed by atoms with Gasteiger partial charge in [0.15, 0.2) is 0 Å². The van der Waals surface area contributed by atoms with Crippen molar-refractivity contribution in [2.45, 2.75) is 52.0 Å². The van der Waals surface area contributed by atoms with Crippen molar-refractivity contribution in [2.24, 2.45) is 5.92 Å². The Morgan fingerprint density at radius 2 is 1.88 bits per heavy atom. The molecule has 0 atom stereocenters. The van der Waals surface area contributed by atoms with Crippen molar-refractivity contribution < 1.29 is 14.7 Å². The number of carboxylic acid groups (broad SMARTS) is 1. The van der Waals surface area contributed by atoms with Gasteiger partial charge >= 0.3 is 5.97 Å². The van der Waals surface area contributed by atoms with Crippen LogP contribution in [0.2, 0.25) is 0 Å². The summed E-state index contributed by atoms with van der Waals surface area (Å²) in [5, 5.41) is 11.8. The van der Waals surface area contributed by atoms with Crippen molar-refractivity contribution in [3.63, 3.8) is 0 Å². The molecule has 0 aromatic rings. The minimum Gasteiger partial charge on any atom is -0.481 e. The topological polar surface area (TPSA) is 66.4 Å². The molecule has 1 aliphatic rings. The highest BCUT2D eigenvalue weighted by atomic mass is 16.4. The van der Waals surface area contributed by atoms with Gasteiger partial charge in [-0.2, -0.15) is 0 Å². The Labute approximate surface area is 102 Å². The van der Waals surface area contributed by atoms with E-state index in [0.29, 0.717) is 12.8 Å². The third-order valence-electron chi connectivity index (χ3n) is 3.28. The molecular weight excluding hydrogens is 218 g/mol. The number of carbonyl (C=O) groups excluding carboxylic acids is 1. The summed E-state index contributed by atoms with van der Waals surface area (Å²) in [6, 6.07) is 0.137. The fourth-order valence-corrected chi connectivity index (χ4v) is 2.18. The van der Waals surface area contributed by atoms with Gasteiger partial charge in [-0.05, 0) is 39.0 Å². The lowest BCUT2D eigenvalue weighted by atomic mass is 9.86. The summed E-state index contributed by atoms with van der Waals surface area (Å²) in [6.07, 6.45) is 5.61. The Morgan fingerprint density at radius 3 is 2.35 bits per heavy atom. The monoisotopic (exact) mass is 239 g/mol. The van der Waals surface area contributed by atoms with Crippen LogP contribution >= 0.6 is 0 Å². The first-order valence-corrected chi connectivity index (χ1v) is 6.25. The van der Waals surface area contributed by atoms with E-state index in [1.54, 1.807) is 0 Å². The zero-order chi connectivity index (χ0) is 12.8.